The highest BCUT2D eigenvalue weighted by Gasteiger charge is 2.52. The maximum atomic E-state index is 13.1. The number of nitrogens with two attached hydrogens (primary N) is 1. The molecule has 12 heteroatoms. The minimum absolute atomic E-state index is 0.0151. The Balaban J connectivity index is 1.42. The van der Waals surface area contributed by atoms with E-state index in [2.05, 4.69) is 14.9 Å². The zero-order valence-corrected chi connectivity index (χ0v) is 22.2. The Morgan fingerprint density at radius 1 is 1.18 bits per heavy atom. The van der Waals surface area contributed by atoms with Gasteiger partial charge in [0, 0.05) is 36.0 Å². The number of carbonyl (C=O) groups is 1. The molecule has 0 spiro atoms. The number of halogens is 2. The maximum absolute atomic E-state index is 13.1. The Bertz CT molecular complexity index is 1690. The van der Waals surface area contributed by atoms with Crippen LogP contribution >= 0.6 is 23.2 Å². The number of benzene rings is 1. The molecule has 0 radical (unpaired) electrons. The second kappa shape index (κ2) is 9.62. The Hall–Kier alpha value is -4.02. The van der Waals surface area contributed by atoms with Gasteiger partial charge in [0.25, 0.3) is 0 Å². The summed E-state index contributed by atoms with van der Waals surface area (Å²) in [7, 11) is 1.54. The van der Waals surface area contributed by atoms with Gasteiger partial charge in [-0.2, -0.15) is 0 Å². The molecular formula is C27H23Cl2N5O5. The number of aromatic carboxylic acids is 1. The molecule has 1 saturated heterocycles. The minimum atomic E-state index is -1.33. The number of fused-ring (bicyclic) bond motifs is 2. The molecule has 39 heavy (non-hydrogen) atoms. The van der Waals surface area contributed by atoms with Gasteiger partial charge in [0.1, 0.15) is 28.8 Å². The van der Waals surface area contributed by atoms with Crippen molar-refractivity contribution < 1.29 is 19.4 Å². The molecule has 1 aliphatic heterocycles. The second-order valence-electron chi connectivity index (χ2n) is 9.64. The molecule has 2 aliphatic rings. The number of carboxylic acid groups (broad SMARTS) is 1. The highest BCUT2D eigenvalue weighted by molar-refractivity contribution is 6.34. The van der Waals surface area contributed by atoms with Gasteiger partial charge in [0.15, 0.2) is 0 Å². The fraction of sp³-hybridized carbons (Fsp3) is 0.259. The summed E-state index contributed by atoms with van der Waals surface area (Å²) in [5, 5.41) is 10.6. The molecule has 1 saturated carbocycles. The molecule has 3 unspecified atom stereocenters. The zero-order chi connectivity index (χ0) is 27.4. The molecule has 6 rings (SSSR count). The molecule has 2 fully saturated rings. The van der Waals surface area contributed by atoms with Crippen LogP contribution in [0.1, 0.15) is 23.2 Å². The van der Waals surface area contributed by atoms with Crippen LogP contribution in [0.3, 0.4) is 0 Å². The summed E-state index contributed by atoms with van der Waals surface area (Å²) >= 11 is 13.1. The average Bonchev–Trinajstić information content (AvgIpc) is 3.58. The Labute approximate surface area is 232 Å². The topological polar surface area (TPSA) is 133 Å². The molecule has 4 aromatic rings. The summed E-state index contributed by atoms with van der Waals surface area (Å²) < 4.78 is 12.8. The van der Waals surface area contributed by atoms with Gasteiger partial charge < -0.3 is 29.8 Å². The average molecular weight is 568 g/mol. The maximum Gasteiger partial charge on any atom is 0.341 e. The van der Waals surface area contributed by atoms with E-state index in [1.54, 1.807) is 29.0 Å². The van der Waals surface area contributed by atoms with Gasteiger partial charge in [-0.05, 0) is 37.0 Å². The lowest BCUT2D eigenvalue weighted by atomic mass is 10.1. The molecule has 3 N–H and O–H groups in total. The number of piperidine rings is 1. The third-order valence-corrected chi connectivity index (χ3v) is 7.84. The van der Waals surface area contributed by atoms with E-state index in [0.29, 0.717) is 45.4 Å². The van der Waals surface area contributed by atoms with Crippen molar-refractivity contribution >= 4 is 51.6 Å². The van der Waals surface area contributed by atoms with Crippen LogP contribution in [-0.2, 0) is 0 Å². The number of hydrogen-bond acceptors (Lipinski definition) is 8. The number of methoxy groups -OCH3 is 1. The van der Waals surface area contributed by atoms with E-state index in [1.807, 2.05) is 6.07 Å². The number of rotatable bonds is 7. The molecule has 0 amide bonds. The van der Waals surface area contributed by atoms with Gasteiger partial charge in [-0.15, -0.1) is 0 Å². The summed E-state index contributed by atoms with van der Waals surface area (Å²) in [6.45, 7) is 0.325. The van der Waals surface area contributed by atoms with Crippen molar-refractivity contribution in [1.82, 2.24) is 14.5 Å². The second-order valence-corrected chi connectivity index (χ2v) is 10.5. The number of nitrogen functional groups attached to an aromatic ring is 1. The largest absolute Gasteiger partial charge is 0.495 e. The molecule has 3 aromatic heterocycles. The van der Waals surface area contributed by atoms with Crippen molar-refractivity contribution in [1.29, 1.82) is 0 Å². The number of aromatic nitrogens is 3. The summed E-state index contributed by atoms with van der Waals surface area (Å²) in [5.74, 6) is 0.274. The van der Waals surface area contributed by atoms with Crippen molar-refractivity contribution in [2.24, 2.45) is 5.92 Å². The molecule has 4 heterocycles. The zero-order valence-electron chi connectivity index (χ0n) is 20.7. The van der Waals surface area contributed by atoms with E-state index in [4.69, 9.17) is 38.4 Å². The predicted octanol–water partition coefficient (Wildman–Crippen LogP) is 4.42. The van der Waals surface area contributed by atoms with Crippen molar-refractivity contribution in [3.05, 3.63) is 74.8 Å². The highest BCUT2D eigenvalue weighted by Crippen LogP contribution is 2.51. The van der Waals surface area contributed by atoms with Crippen molar-refractivity contribution in [2.45, 2.75) is 24.9 Å². The highest BCUT2D eigenvalue weighted by atomic mass is 35.5. The lowest BCUT2D eigenvalue weighted by Crippen LogP contribution is -2.37. The van der Waals surface area contributed by atoms with E-state index in [1.165, 1.54) is 25.6 Å². The first-order valence-corrected chi connectivity index (χ1v) is 13.0. The van der Waals surface area contributed by atoms with Crippen LogP contribution in [0, 0.1) is 5.92 Å². The molecule has 3 atom stereocenters. The third kappa shape index (κ3) is 4.49. The number of carboxylic acids is 1. The van der Waals surface area contributed by atoms with E-state index in [-0.39, 0.29) is 28.9 Å². The monoisotopic (exact) mass is 567 g/mol. The first kappa shape index (κ1) is 25.3. The molecule has 200 valence electrons. The van der Waals surface area contributed by atoms with E-state index in [0.717, 1.165) is 18.5 Å². The molecule has 0 bridgehead atoms. The van der Waals surface area contributed by atoms with Gasteiger partial charge in [-0.1, -0.05) is 23.2 Å². The first-order valence-electron chi connectivity index (χ1n) is 12.2. The van der Waals surface area contributed by atoms with Crippen LogP contribution in [0.2, 0.25) is 10.0 Å². The van der Waals surface area contributed by atoms with Gasteiger partial charge in [-0.25, -0.2) is 14.8 Å². The fourth-order valence-electron chi connectivity index (χ4n) is 5.37. The summed E-state index contributed by atoms with van der Waals surface area (Å²) in [5.41, 5.74) is 6.71. The van der Waals surface area contributed by atoms with Crippen LogP contribution in [0.25, 0.3) is 16.6 Å². The standard InChI is InChI=1S/C27H23Cl2N5O5/c1-38-16-7-20(29)26(32-10-16)39-12-15-4-13-5-21(13)34(15)23-9-22-17(8-19(23)28)25(35)18(27(36)37)11-33(22)14-2-3-31-24(30)6-14/h2-3,6-11,13,15,21H,4-5,12H2,1H3,(H2,30,31)(H,36,37). The lowest BCUT2D eigenvalue weighted by Gasteiger charge is -2.31. The predicted molar refractivity (Wildman–Crippen MR) is 148 cm³/mol. The quantitative estimate of drug-likeness (QED) is 0.332. The van der Waals surface area contributed by atoms with Crippen molar-refractivity contribution in [2.75, 3.05) is 24.4 Å². The van der Waals surface area contributed by atoms with E-state index < -0.39 is 11.4 Å². The SMILES string of the molecule is COc1cnc(OCC2CC3CC3N2c2cc3c(cc2Cl)c(=O)c(C(=O)O)cn3-c2ccnc(N)c2)c(Cl)c1. The summed E-state index contributed by atoms with van der Waals surface area (Å²) in [6.07, 6.45) is 6.30. The fourth-order valence-corrected chi connectivity index (χ4v) is 5.84. The van der Waals surface area contributed by atoms with Crippen LogP contribution in [-0.4, -0.2) is 51.4 Å². The summed E-state index contributed by atoms with van der Waals surface area (Å²) in [6, 6.07) is 8.57. The number of hydrogen-bond donors (Lipinski definition) is 2. The number of anilines is 2. The number of ether oxygens (including phenoxy) is 2. The normalized spacial score (nSPS) is 19.7. The van der Waals surface area contributed by atoms with Crippen LogP contribution in [0.5, 0.6) is 11.6 Å². The van der Waals surface area contributed by atoms with Crippen molar-refractivity contribution in [3.63, 3.8) is 0 Å². The van der Waals surface area contributed by atoms with E-state index in [9.17, 15) is 14.7 Å². The smallest absolute Gasteiger partial charge is 0.341 e. The minimum Gasteiger partial charge on any atom is -0.495 e. The summed E-state index contributed by atoms with van der Waals surface area (Å²) in [4.78, 5) is 35.5. The van der Waals surface area contributed by atoms with Gasteiger partial charge in [0.2, 0.25) is 11.3 Å². The Kier molecular flexibility index (Phi) is 6.23. The molecule has 1 aliphatic carbocycles. The van der Waals surface area contributed by atoms with E-state index >= 15 is 0 Å². The third-order valence-electron chi connectivity index (χ3n) is 7.26. The number of pyridine rings is 3. The first-order chi connectivity index (χ1) is 18.7. The van der Waals surface area contributed by atoms with Gasteiger partial charge in [-0.3, -0.25) is 4.79 Å². The Morgan fingerprint density at radius 3 is 2.72 bits per heavy atom. The lowest BCUT2D eigenvalue weighted by molar-refractivity contribution is 0.0695. The van der Waals surface area contributed by atoms with Crippen LogP contribution in [0.4, 0.5) is 11.5 Å². The van der Waals surface area contributed by atoms with Gasteiger partial charge in [0.05, 0.1) is 41.3 Å². The van der Waals surface area contributed by atoms with Crippen LogP contribution in [0.15, 0.2) is 53.7 Å². The van der Waals surface area contributed by atoms with Crippen LogP contribution < -0.4 is 25.5 Å². The van der Waals surface area contributed by atoms with Crippen molar-refractivity contribution in [3.8, 4) is 17.3 Å². The number of nitrogens with zero attached hydrogens (tertiary/aromatic N) is 4. The Morgan fingerprint density at radius 2 is 2.00 bits per heavy atom. The molecule has 1 aromatic carbocycles. The molecule has 10 nitrogen and oxygen atoms in total. The molecular weight excluding hydrogens is 545 g/mol. The van der Waals surface area contributed by atoms with Gasteiger partial charge >= 0.3 is 5.97 Å².